The van der Waals surface area contributed by atoms with Crippen LogP contribution in [0.2, 0.25) is 0 Å². The molecule has 3 nitrogen and oxygen atoms in total. The van der Waals surface area contributed by atoms with Crippen LogP contribution < -0.4 is 5.73 Å². The smallest absolute Gasteiger partial charge is 0.137 e. The standard InChI is InChI=1S/C11H15N3.2ClH/c1-2-9-4-6-14-8-10(3-5-12)13-11(14)7-9;;/h4,6-8H,2-3,5,12H2,1H3;2*1H. The lowest BCUT2D eigenvalue weighted by molar-refractivity contribution is 0.937. The summed E-state index contributed by atoms with van der Waals surface area (Å²) in [7, 11) is 0. The lowest BCUT2D eigenvalue weighted by Gasteiger charge is -1.96. The van der Waals surface area contributed by atoms with Crippen molar-refractivity contribution in [1.29, 1.82) is 0 Å². The third-order valence-corrected chi connectivity index (χ3v) is 2.38. The summed E-state index contributed by atoms with van der Waals surface area (Å²) in [6.45, 7) is 2.81. The highest BCUT2D eigenvalue weighted by molar-refractivity contribution is 5.85. The average molecular weight is 262 g/mol. The summed E-state index contributed by atoms with van der Waals surface area (Å²) in [5, 5.41) is 0. The molecule has 2 rings (SSSR count). The second-order valence-electron chi connectivity index (χ2n) is 3.42. The Morgan fingerprint density at radius 2 is 2.12 bits per heavy atom. The zero-order valence-corrected chi connectivity index (χ0v) is 10.9. The number of halogens is 2. The van der Waals surface area contributed by atoms with Crippen molar-refractivity contribution in [2.45, 2.75) is 19.8 Å². The number of pyridine rings is 1. The van der Waals surface area contributed by atoms with Gasteiger partial charge in [-0.05, 0) is 30.7 Å². The SMILES string of the molecule is CCc1ccn2cc(CCN)nc2c1.Cl.Cl. The predicted molar refractivity (Wildman–Crippen MR) is 71.8 cm³/mol. The fourth-order valence-electron chi connectivity index (χ4n) is 1.56. The Balaban J connectivity index is 0.00000112. The summed E-state index contributed by atoms with van der Waals surface area (Å²) in [5.41, 5.74) is 8.90. The number of aryl methyl sites for hydroxylation is 1. The number of hydrogen-bond acceptors (Lipinski definition) is 2. The van der Waals surface area contributed by atoms with Gasteiger partial charge in [-0.3, -0.25) is 0 Å². The molecule has 2 aromatic heterocycles. The zero-order chi connectivity index (χ0) is 9.97. The Bertz CT molecular complexity index is 440. The molecule has 0 aliphatic heterocycles. The molecular weight excluding hydrogens is 245 g/mol. The second kappa shape index (κ2) is 6.74. The van der Waals surface area contributed by atoms with E-state index >= 15 is 0 Å². The number of aromatic nitrogens is 2. The van der Waals surface area contributed by atoms with Crippen LogP contribution in [0.25, 0.3) is 5.65 Å². The van der Waals surface area contributed by atoms with Gasteiger partial charge >= 0.3 is 0 Å². The van der Waals surface area contributed by atoms with Gasteiger partial charge < -0.3 is 10.1 Å². The van der Waals surface area contributed by atoms with Gasteiger partial charge in [0.1, 0.15) is 5.65 Å². The highest BCUT2D eigenvalue weighted by Gasteiger charge is 2.00. The summed E-state index contributed by atoms with van der Waals surface area (Å²) in [5.74, 6) is 0. The minimum absolute atomic E-state index is 0. The first-order valence-corrected chi connectivity index (χ1v) is 5.00. The minimum Gasteiger partial charge on any atom is -0.330 e. The first-order chi connectivity index (χ1) is 6.83. The molecule has 0 aliphatic carbocycles. The van der Waals surface area contributed by atoms with Crippen LogP contribution in [0.5, 0.6) is 0 Å². The maximum atomic E-state index is 5.49. The van der Waals surface area contributed by atoms with Gasteiger partial charge in [0.05, 0.1) is 5.69 Å². The van der Waals surface area contributed by atoms with Crippen LogP contribution in [0.3, 0.4) is 0 Å². The summed E-state index contributed by atoms with van der Waals surface area (Å²) >= 11 is 0. The summed E-state index contributed by atoms with van der Waals surface area (Å²) in [6.07, 6.45) is 6.00. The molecule has 0 atom stereocenters. The highest BCUT2D eigenvalue weighted by atomic mass is 35.5. The number of rotatable bonds is 3. The van der Waals surface area contributed by atoms with Crippen molar-refractivity contribution in [2.75, 3.05) is 6.54 Å². The fourth-order valence-corrected chi connectivity index (χ4v) is 1.56. The first kappa shape index (κ1) is 15.2. The van der Waals surface area contributed by atoms with Crippen molar-refractivity contribution in [3.63, 3.8) is 0 Å². The van der Waals surface area contributed by atoms with Gasteiger partial charge in [0.25, 0.3) is 0 Å². The molecule has 5 heteroatoms. The van der Waals surface area contributed by atoms with Crippen molar-refractivity contribution in [3.8, 4) is 0 Å². The van der Waals surface area contributed by atoms with E-state index in [0.29, 0.717) is 6.54 Å². The highest BCUT2D eigenvalue weighted by Crippen LogP contribution is 2.08. The van der Waals surface area contributed by atoms with E-state index in [9.17, 15) is 0 Å². The van der Waals surface area contributed by atoms with E-state index in [1.54, 1.807) is 0 Å². The molecule has 16 heavy (non-hydrogen) atoms. The van der Waals surface area contributed by atoms with Gasteiger partial charge in [0.2, 0.25) is 0 Å². The molecule has 0 spiro atoms. The van der Waals surface area contributed by atoms with Gasteiger partial charge in [0, 0.05) is 18.8 Å². The van der Waals surface area contributed by atoms with Crippen molar-refractivity contribution >= 4 is 30.5 Å². The van der Waals surface area contributed by atoms with Crippen LogP contribution in [-0.2, 0) is 12.8 Å². The van der Waals surface area contributed by atoms with E-state index in [1.165, 1.54) is 5.56 Å². The summed E-state index contributed by atoms with van der Waals surface area (Å²) in [6, 6.07) is 4.25. The average Bonchev–Trinajstić information content (AvgIpc) is 2.59. The molecule has 2 aromatic rings. The Morgan fingerprint density at radius 3 is 2.75 bits per heavy atom. The van der Waals surface area contributed by atoms with E-state index in [-0.39, 0.29) is 24.8 Å². The van der Waals surface area contributed by atoms with Crippen LogP contribution in [0.1, 0.15) is 18.2 Å². The Hall–Kier alpha value is -0.770. The van der Waals surface area contributed by atoms with E-state index in [2.05, 4.69) is 30.2 Å². The Kier molecular flexibility index (Phi) is 6.41. The molecule has 0 unspecified atom stereocenters. The van der Waals surface area contributed by atoms with Gasteiger partial charge in [-0.1, -0.05) is 6.92 Å². The number of nitrogens with two attached hydrogens (primary N) is 1. The number of hydrogen-bond donors (Lipinski definition) is 1. The van der Waals surface area contributed by atoms with Crippen molar-refractivity contribution in [2.24, 2.45) is 5.73 Å². The quantitative estimate of drug-likeness (QED) is 0.921. The van der Waals surface area contributed by atoms with Crippen molar-refractivity contribution < 1.29 is 0 Å². The van der Waals surface area contributed by atoms with Crippen molar-refractivity contribution in [3.05, 3.63) is 35.8 Å². The lowest BCUT2D eigenvalue weighted by atomic mass is 10.2. The number of nitrogens with zero attached hydrogens (tertiary/aromatic N) is 2. The summed E-state index contributed by atoms with van der Waals surface area (Å²) in [4.78, 5) is 4.49. The maximum absolute atomic E-state index is 5.49. The minimum atomic E-state index is 0. The normalized spacial score (nSPS) is 9.62. The molecule has 0 bridgehead atoms. The Labute approximate surface area is 108 Å². The predicted octanol–water partition coefficient (Wildman–Crippen LogP) is 2.24. The molecule has 0 aromatic carbocycles. The first-order valence-electron chi connectivity index (χ1n) is 5.00. The van der Waals surface area contributed by atoms with Crippen LogP contribution in [0.4, 0.5) is 0 Å². The molecule has 0 aliphatic rings. The van der Waals surface area contributed by atoms with Gasteiger partial charge in [-0.2, -0.15) is 0 Å². The van der Waals surface area contributed by atoms with E-state index in [0.717, 1.165) is 24.2 Å². The molecule has 2 N–H and O–H groups in total. The zero-order valence-electron chi connectivity index (χ0n) is 9.22. The van der Waals surface area contributed by atoms with E-state index < -0.39 is 0 Å². The third kappa shape index (κ3) is 3.11. The van der Waals surface area contributed by atoms with Crippen LogP contribution in [0.15, 0.2) is 24.5 Å². The maximum Gasteiger partial charge on any atom is 0.137 e. The number of imidazole rings is 1. The molecule has 0 radical (unpaired) electrons. The van der Waals surface area contributed by atoms with E-state index in [4.69, 9.17) is 5.73 Å². The molecule has 2 heterocycles. The molecule has 0 saturated heterocycles. The van der Waals surface area contributed by atoms with Gasteiger partial charge in [-0.25, -0.2) is 4.98 Å². The van der Waals surface area contributed by atoms with E-state index in [1.807, 2.05) is 10.6 Å². The number of fused-ring (bicyclic) bond motifs is 1. The largest absolute Gasteiger partial charge is 0.330 e. The van der Waals surface area contributed by atoms with Gasteiger partial charge in [0.15, 0.2) is 0 Å². The van der Waals surface area contributed by atoms with Crippen LogP contribution >= 0.6 is 24.8 Å². The molecule has 0 saturated carbocycles. The Morgan fingerprint density at radius 1 is 1.38 bits per heavy atom. The molecular formula is C11H17Cl2N3. The third-order valence-electron chi connectivity index (χ3n) is 2.38. The van der Waals surface area contributed by atoms with Crippen LogP contribution in [0, 0.1) is 0 Å². The molecule has 0 amide bonds. The topological polar surface area (TPSA) is 43.3 Å². The van der Waals surface area contributed by atoms with Crippen LogP contribution in [-0.4, -0.2) is 15.9 Å². The monoisotopic (exact) mass is 261 g/mol. The fraction of sp³-hybridized carbons (Fsp3) is 0.364. The molecule has 0 fully saturated rings. The van der Waals surface area contributed by atoms with Gasteiger partial charge in [-0.15, -0.1) is 24.8 Å². The lowest BCUT2D eigenvalue weighted by Crippen LogP contribution is -2.02. The molecule has 90 valence electrons. The van der Waals surface area contributed by atoms with Crippen molar-refractivity contribution in [1.82, 2.24) is 9.38 Å². The second-order valence-corrected chi connectivity index (χ2v) is 3.42. The summed E-state index contributed by atoms with van der Waals surface area (Å²) < 4.78 is 2.05.